The monoisotopic (exact) mass is 447 g/mol. The van der Waals surface area contributed by atoms with Crippen LogP contribution in [0.4, 0.5) is 0 Å². The molecule has 0 rings (SSSR count). The number of aliphatic imine (C=N–C) groups is 1. The topological polar surface area (TPSA) is 70.6 Å². The number of nitrogens with zero attached hydrogens (tertiary/aromatic N) is 1. The largest absolute Gasteiger partial charge is 0.356 e. The molecule has 0 saturated heterocycles. The first-order valence-electron chi connectivity index (χ1n) is 8.06. The van der Waals surface area contributed by atoms with E-state index in [1.165, 1.54) is 25.7 Å². The molecular weight excluding hydrogens is 413 g/mol. The predicted octanol–water partition coefficient (Wildman–Crippen LogP) is 2.81. The molecule has 7 heteroatoms. The number of unbranched alkanes of at least 4 members (excludes halogenated alkanes) is 3. The summed E-state index contributed by atoms with van der Waals surface area (Å²) < 4.78 is 22.8. The summed E-state index contributed by atoms with van der Waals surface area (Å²) in [5.41, 5.74) is 0. The van der Waals surface area contributed by atoms with Crippen molar-refractivity contribution in [3.63, 3.8) is 0 Å². The molecule has 0 radical (unpaired) electrons. The maximum absolute atomic E-state index is 11.4. The summed E-state index contributed by atoms with van der Waals surface area (Å²) in [5.74, 6) is 1.82. The van der Waals surface area contributed by atoms with Crippen molar-refractivity contribution < 1.29 is 8.42 Å². The van der Waals surface area contributed by atoms with E-state index in [0.29, 0.717) is 12.5 Å². The van der Waals surface area contributed by atoms with E-state index in [1.54, 1.807) is 14.0 Å². The SMILES string of the molecule is CCS(=O)(=O)CCNC(=NC)NCCCCCCC(C)C.I. The molecule has 0 unspecified atom stereocenters. The molecule has 2 N–H and O–H groups in total. The minimum absolute atomic E-state index is 0. The second-order valence-electron chi connectivity index (χ2n) is 5.76. The fourth-order valence-corrected chi connectivity index (χ4v) is 2.63. The number of guanidine groups is 1. The van der Waals surface area contributed by atoms with Gasteiger partial charge in [0.25, 0.3) is 0 Å². The summed E-state index contributed by atoms with van der Waals surface area (Å²) in [4.78, 5) is 4.09. The third-order valence-corrected chi connectivity index (χ3v) is 5.08. The van der Waals surface area contributed by atoms with Crippen LogP contribution in [-0.2, 0) is 9.84 Å². The quantitative estimate of drug-likeness (QED) is 0.221. The third-order valence-electron chi connectivity index (χ3n) is 3.37. The lowest BCUT2D eigenvalue weighted by atomic mass is 10.0. The third kappa shape index (κ3) is 14.9. The van der Waals surface area contributed by atoms with Gasteiger partial charge in [-0.05, 0) is 12.3 Å². The number of hydrogen-bond acceptors (Lipinski definition) is 3. The van der Waals surface area contributed by atoms with Crippen LogP contribution in [0, 0.1) is 5.92 Å². The molecule has 0 spiro atoms. The van der Waals surface area contributed by atoms with Gasteiger partial charge in [-0.2, -0.15) is 0 Å². The van der Waals surface area contributed by atoms with Gasteiger partial charge in [0.1, 0.15) is 0 Å². The van der Waals surface area contributed by atoms with E-state index in [2.05, 4.69) is 29.5 Å². The van der Waals surface area contributed by atoms with E-state index in [0.717, 1.165) is 18.9 Å². The van der Waals surface area contributed by atoms with Gasteiger partial charge < -0.3 is 10.6 Å². The van der Waals surface area contributed by atoms with Crippen molar-refractivity contribution >= 4 is 39.8 Å². The van der Waals surface area contributed by atoms with Gasteiger partial charge in [0.05, 0.1) is 5.75 Å². The number of halogens is 1. The Balaban J connectivity index is 0. The Labute approximate surface area is 154 Å². The maximum atomic E-state index is 11.4. The Morgan fingerprint density at radius 2 is 1.64 bits per heavy atom. The molecule has 0 aliphatic rings. The zero-order valence-electron chi connectivity index (χ0n) is 14.5. The van der Waals surface area contributed by atoms with Crippen molar-refractivity contribution in [1.82, 2.24) is 10.6 Å². The van der Waals surface area contributed by atoms with E-state index < -0.39 is 9.84 Å². The molecule has 134 valence electrons. The summed E-state index contributed by atoms with van der Waals surface area (Å²) in [5, 5.41) is 6.25. The second-order valence-corrected chi connectivity index (χ2v) is 8.23. The van der Waals surface area contributed by atoms with E-state index in [9.17, 15) is 8.42 Å². The maximum Gasteiger partial charge on any atom is 0.191 e. The molecule has 0 bridgehead atoms. The lowest BCUT2D eigenvalue weighted by Gasteiger charge is -2.11. The molecule has 0 aromatic heterocycles. The smallest absolute Gasteiger partial charge is 0.191 e. The van der Waals surface area contributed by atoms with E-state index in [-0.39, 0.29) is 35.5 Å². The standard InChI is InChI=1S/C15H33N3O2S.HI/c1-5-21(19,20)13-12-18-15(16-4)17-11-9-7-6-8-10-14(2)3;/h14H,5-13H2,1-4H3,(H2,16,17,18);1H. The van der Waals surface area contributed by atoms with Gasteiger partial charge in [-0.25, -0.2) is 8.42 Å². The van der Waals surface area contributed by atoms with Crippen LogP contribution in [0.25, 0.3) is 0 Å². The lowest BCUT2D eigenvalue weighted by Crippen LogP contribution is -2.40. The van der Waals surface area contributed by atoms with Crippen molar-refractivity contribution in [3.05, 3.63) is 0 Å². The Morgan fingerprint density at radius 1 is 1.05 bits per heavy atom. The molecule has 0 aromatic carbocycles. The number of nitrogens with one attached hydrogen (secondary N) is 2. The van der Waals surface area contributed by atoms with Crippen molar-refractivity contribution in [2.75, 3.05) is 31.6 Å². The van der Waals surface area contributed by atoms with Crippen LogP contribution in [-0.4, -0.2) is 46.0 Å². The molecule has 0 aliphatic carbocycles. The minimum Gasteiger partial charge on any atom is -0.356 e. The fourth-order valence-electron chi connectivity index (χ4n) is 1.93. The van der Waals surface area contributed by atoms with Crippen molar-refractivity contribution in [3.8, 4) is 0 Å². The van der Waals surface area contributed by atoms with E-state index in [1.807, 2.05) is 0 Å². The molecule has 0 amide bonds. The van der Waals surface area contributed by atoms with Gasteiger partial charge in [0.2, 0.25) is 0 Å². The summed E-state index contributed by atoms with van der Waals surface area (Å²) in [7, 11) is -1.21. The lowest BCUT2D eigenvalue weighted by molar-refractivity contribution is 0.518. The Bertz CT molecular complexity index is 384. The molecule has 0 fully saturated rings. The first-order valence-corrected chi connectivity index (χ1v) is 9.88. The summed E-state index contributed by atoms with van der Waals surface area (Å²) in [6.45, 7) is 7.47. The molecule has 0 saturated carbocycles. The average Bonchev–Trinajstić information content (AvgIpc) is 2.43. The van der Waals surface area contributed by atoms with Crippen LogP contribution in [0.3, 0.4) is 0 Å². The van der Waals surface area contributed by atoms with Gasteiger partial charge in [-0.1, -0.05) is 46.5 Å². The van der Waals surface area contributed by atoms with Crippen molar-refractivity contribution in [2.45, 2.75) is 52.9 Å². The van der Waals surface area contributed by atoms with Gasteiger partial charge in [-0.15, -0.1) is 24.0 Å². The number of rotatable bonds is 11. The molecule has 0 atom stereocenters. The molecule has 22 heavy (non-hydrogen) atoms. The second kappa shape index (κ2) is 14.5. The highest BCUT2D eigenvalue weighted by Gasteiger charge is 2.07. The predicted molar refractivity (Wildman–Crippen MR) is 107 cm³/mol. The van der Waals surface area contributed by atoms with Crippen LogP contribution >= 0.6 is 24.0 Å². The van der Waals surface area contributed by atoms with Gasteiger partial charge >= 0.3 is 0 Å². The van der Waals surface area contributed by atoms with Gasteiger partial charge in [0.15, 0.2) is 15.8 Å². The average molecular weight is 447 g/mol. The molecule has 5 nitrogen and oxygen atoms in total. The first-order chi connectivity index (χ1) is 9.91. The van der Waals surface area contributed by atoms with Crippen molar-refractivity contribution in [1.29, 1.82) is 0 Å². The Morgan fingerprint density at radius 3 is 2.18 bits per heavy atom. The first kappa shape index (κ1) is 24.2. The van der Waals surface area contributed by atoms with Gasteiger partial charge in [0, 0.05) is 25.9 Å². The minimum atomic E-state index is -2.91. The highest BCUT2D eigenvalue weighted by Crippen LogP contribution is 2.08. The van der Waals surface area contributed by atoms with E-state index >= 15 is 0 Å². The molecule has 0 aliphatic heterocycles. The Hall–Kier alpha value is -0.0500. The zero-order chi connectivity index (χ0) is 16.1. The normalized spacial score (nSPS) is 12.1. The number of sulfone groups is 1. The van der Waals surface area contributed by atoms with Crippen LogP contribution in [0.15, 0.2) is 4.99 Å². The Kier molecular flexibility index (Phi) is 16.0. The highest BCUT2D eigenvalue weighted by molar-refractivity contribution is 14.0. The summed E-state index contributed by atoms with van der Waals surface area (Å²) >= 11 is 0. The zero-order valence-corrected chi connectivity index (χ0v) is 17.7. The van der Waals surface area contributed by atoms with Crippen LogP contribution in [0.2, 0.25) is 0 Å². The summed E-state index contributed by atoms with van der Waals surface area (Å²) in [6.07, 6.45) is 6.23. The molecular formula is C15H34IN3O2S. The van der Waals surface area contributed by atoms with Crippen LogP contribution in [0.1, 0.15) is 52.9 Å². The number of hydrogen-bond donors (Lipinski definition) is 2. The van der Waals surface area contributed by atoms with Crippen molar-refractivity contribution in [2.24, 2.45) is 10.9 Å². The van der Waals surface area contributed by atoms with Crippen LogP contribution in [0.5, 0.6) is 0 Å². The fraction of sp³-hybridized carbons (Fsp3) is 0.933. The van der Waals surface area contributed by atoms with E-state index in [4.69, 9.17) is 0 Å². The summed E-state index contributed by atoms with van der Waals surface area (Å²) in [6, 6.07) is 0. The van der Waals surface area contributed by atoms with Crippen LogP contribution < -0.4 is 10.6 Å². The molecule has 0 aromatic rings. The highest BCUT2D eigenvalue weighted by atomic mass is 127. The van der Waals surface area contributed by atoms with Gasteiger partial charge in [-0.3, -0.25) is 4.99 Å². The molecule has 0 heterocycles.